The number of ether oxygens (including phenoxy) is 2. The van der Waals surface area contributed by atoms with Crippen LogP contribution in [0.3, 0.4) is 0 Å². The quantitative estimate of drug-likeness (QED) is 0.743. The minimum Gasteiger partial charge on any atom is -0.480 e. The Labute approximate surface area is 149 Å². The maximum Gasteiger partial charge on any atom is 0.321 e. The number of benzene rings is 2. The van der Waals surface area contributed by atoms with E-state index in [1.165, 1.54) is 0 Å². The molecule has 0 spiro atoms. The highest BCUT2D eigenvalue weighted by Gasteiger charge is 2.35. The minimum absolute atomic E-state index is 0.216. The van der Waals surface area contributed by atoms with Gasteiger partial charge in [-0.05, 0) is 29.3 Å². The second-order valence-corrected chi connectivity index (χ2v) is 6.75. The number of rotatable bonds is 2. The summed E-state index contributed by atoms with van der Waals surface area (Å²) in [6.07, 6.45) is 0.465. The first kappa shape index (κ1) is 15.3. The molecule has 0 saturated heterocycles. The Balaban J connectivity index is 1.72. The molecule has 0 fully saturated rings. The van der Waals surface area contributed by atoms with Crippen LogP contribution in [0.5, 0.6) is 11.5 Å². The van der Waals surface area contributed by atoms with Gasteiger partial charge in [0.25, 0.3) is 0 Å². The minimum atomic E-state index is -0.839. The molecular formula is C20H18N2O4. The molecule has 0 radical (unpaired) electrons. The van der Waals surface area contributed by atoms with Crippen molar-refractivity contribution < 1.29 is 19.4 Å². The average Bonchev–Trinajstić information content (AvgIpc) is 3.24. The molecule has 0 bridgehead atoms. The van der Waals surface area contributed by atoms with Crippen molar-refractivity contribution in [2.24, 2.45) is 7.05 Å². The number of aryl methyl sites for hydroxylation is 1. The van der Waals surface area contributed by atoms with Gasteiger partial charge < -0.3 is 19.1 Å². The van der Waals surface area contributed by atoms with Crippen molar-refractivity contribution in [3.05, 3.63) is 59.3 Å². The first-order valence-electron chi connectivity index (χ1n) is 8.58. The number of carboxylic acid groups (broad SMARTS) is 1. The Morgan fingerprint density at radius 2 is 2.00 bits per heavy atom. The van der Waals surface area contributed by atoms with Crippen LogP contribution in [0.15, 0.2) is 42.5 Å². The molecule has 2 aliphatic rings. The van der Waals surface area contributed by atoms with Gasteiger partial charge in [0.15, 0.2) is 11.5 Å². The highest BCUT2D eigenvalue weighted by molar-refractivity contribution is 5.88. The zero-order valence-electron chi connectivity index (χ0n) is 14.2. The fraction of sp³-hybridized carbons (Fsp3) is 0.250. The molecule has 132 valence electrons. The molecule has 2 aromatic carbocycles. The van der Waals surface area contributed by atoms with E-state index in [1.807, 2.05) is 37.4 Å². The molecule has 0 amide bonds. The normalized spacial score (nSPS) is 21.0. The number of para-hydroxylation sites is 1. The van der Waals surface area contributed by atoms with E-state index in [9.17, 15) is 9.90 Å². The van der Waals surface area contributed by atoms with E-state index in [4.69, 9.17) is 9.47 Å². The summed E-state index contributed by atoms with van der Waals surface area (Å²) < 4.78 is 13.1. The van der Waals surface area contributed by atoms with Crippen LogP contribution in [-0.4, -0.2) is 28.5 Å². The number of aliphatic carboxylic acids is 1. The van der Waals surface area contributed by atoms with Crippen LogP contribution in [-0.2, 0) is 18.3 Å². The molecule has 2 atom stereocenters. The van der Waals surface area contributed by atoms with Crippen LogP contribution in [0.25, 0.3) is 10.9 Å². The van der Waals surface area contributed by atoms with Crippen molar-refractivity contribution >= 4 is 16.9 Å². The smallest absolute Gasteiger partial charge is 0.321 e. The van der Waals surface area contributed by atoms with E-state index in [0.29, 0.717) is 12.2 Å². The van der Waals surface area contributed by atoms with Crippen molar-refractivity contribution in [2.75, 3.05) is 6.79 Å². The van der Waals surface area contributed by atoms with Gasteiger partial charge in [-0.3, -0.25) is 10.1 Å². The topological polar surface area (TPSA) is 72.7 Å². The van der Waals surface area contributed by atoms with Crippen molar-refractivity contribution in [1.29, 1.82) is 0 Å². The van der Waals surface area contributed by atoms with E-state index in [1.54, 1.807) is 0 Å². The second-order valence-electron chi connectivity index (χ2n) is 6.75. The fourth-order valence-corrected chi connectivity index (χ4v) is 4.12. The third-order valence-electron chi connectivity index (χ3n) is 5.34. The molecule has 0 saturated carbocycles. The number of carbonyl (C=O) groups is 1. The van der Waals surface area contributed by atoms with E-state index in [-0.39, 0.29) is 12.8 Å². The molecule has 0 unspecified atom stereocenters. The van der Waals surface area contributed by atoms with Crippen LogP contribution in [0, 0.1) is 0 Å². The van der Waals surface area contributed by atoms with Crippen LogP contribution in [0.4, 0.5) is 0 Å². The van der Waals surface area contributed by atoms with Gasteiger partial charge in [-0.25, -0.2) is 0 Å². The molecule has 2 aliphatic heterocycles. The van der Waals surface area contributed by atoms with E-state index in [0.717, 1.165) is 33.5 Å². The highest BCUT2D eigenvalue weighted by atomic mass is 16.7. The number of nitrogens with zero attached hydrogens (tertiary/aromatic N) is 1. The third-order valence-corrected chi connectivity index (χ3v) is 5.34. The molecule has 1 aromatic heterocycles. The Bertz CT molecular complexity index is 1040. The Kier molecular flexibility index (Phi) is 3.24. The fourth-order valence-electron chi connectivity index (χ4n) is 4.12. The third kappa shape index (κ3) is 2.12. The number of nitrogens with one attached hydrogen (secondary N) is 1. The Hall–Kier alpha value is -2.99. The largest absolute Gasteiger partial charge is 0.480 e. The van der Waals surface area contributed by atoms with Crippen molar-refractivity contribution in [2.45, 2.75) is 18.5 Å². The molecule has 6 heteroatoms. The van der Waals surface area contributed by atoms with E-state index in [2.05, 4.69) is 22.0 Å². The molecule has 6 nitrogen and oxygen atoms in total. The molecule has 26 heavy (non-hydrogen) atoms. The maximum absolute atomic E-state index is 11.8. The van der Waals surface area contributed by atoms with Crippen molar-refractivity contribution in [3.8, 4) is 11.5 Å². The van der Waals surface area contributed by atoms with Crippen molar-refractivity contribution in [1.82, 2.24) is 9.88 Å². The van der Waals surface area contributed by atoms with Gasteiger partial charge in [0.05, 0.1) is 6.04 Å². The molecule has 0 aliphatic carbocycles. The molecule has 2 N–H and O–H groups in total. The second kappa shape index (κ2) is 5.51. The summed E-state index contributed by atoms with van der Waals surface area (Å²) in [7, 11) is 2.03. The monoisotopic (exact) mass is 350 g/mol. The van der Waals surface area contributed by atoms with Crippen LogP contribution < -0.4 is 14.8 Å². The number of fused-ring (bicyclic) bond motifs is 4. The summed E-state index contributed by atoms with van der Waals surface area (Å²) in [5.41, 5.74) is 4.27. The summed E-state index contributed by atoms with van der Waals surface area (Å²) in [6.45, 7) is 0.216. The SMILES string of the molecule is Cn1c2c(c3ccccc31)C[C@@H](C(=O)O)N[C@H]2c1ccc2c(c1)OCO2. The Morgan fingerprint density at radius 1 is 1.19 bits per heavy atom. The lowest BCUT2D eigenvalue weighted by Crippen LogP contribution is -2.45. The van der Waals surface area contributed by atoms with E-state index >= 15 is 0 Å². The summed E-state index contributed by atoms with van der Waals surface area (Å²) in [5.74, 6) is 0.577. The number of hydrogen-bond donors (Lipinski definition) is 2. The lowest BCUT2D eigenvalue weighted by atomic mass is 9.90. The average molecular weight is 350 g/mol. The Morgan fingerprint density at radius 3 is 2.85 bits per heavy atom. The number of aromatic nitrogens is 1. The standard InChI is InChI=1S/C20H18N2O4/c1-22-15-5-3-2-4-12(15)13-9-14(20(23)24)21-18(19(13)22)11-6-7-16-17(8-11)26-10-25-16/h2-8,14,18,21H,9-10H2,1H3,(H,23,24)/t14-,18-/m0/s1. The van der Waals surface area contributed by atoms with Crippen molar-refractivity contribution in [3.63, 3.8) is 0 Å². The number of carboxylic acids is 1. The van der Waals surface area contributed by atoms with Gasteiger partial charge in [-0.2, -0.15) is 0 Å². The van der Waals surface area contributed by atoms with Gasteiger partial charge in [-0.15, -0.1) is 0 Å². The van der Waals surface area contributed by atoms with Gasteiger partial charge in [0.2, 0.25) is 6.79 Å². The van der Waals surface area contributed by atoms with Gasteiger partial charge in [0, 0.05) is 30.1 Å². The zero-order chi connectivity index (χ0) is 17.8. The van der Waals surface area contributed by atoms with E-state index < -0.39 is 12.0 Å². The van der Waals surface area contributed by atoms with Crippen LogP contribution in [0.1, 0.15) is 22.9 Å². The molecular weight excluding hydrogens is 332 g/mol. The van der Waals surface area contributed by atoms with Gasteiger partial charge in [-0.1, -0.05) is 24.3 Å². The highest BCUT2D eigenvalue weighted by Crippen LogP contribution is 2.40. The van der Waals surface area contributed by atoms with Crippen LogP contribution >= 0.6 is 0 Å². The van der Waals surface area contributed by atoms with Crippen LogP contribution in [0.2, 0.25) is 0 Å². The molecule has 5 rings (SSSR count). The predicted octanol–water partition coefficient (Wildman–Crippen LogP) is 2.60. The molecule has 3 aromatic rings. The lowest BCUT2D eigenvalue weighted by molar-refractivity contribution is -0.139. The predicted molar refractivity (Wildman–Crippen MR) is 95.6 cm³/mol. The van der Waals surface area contributed by atoms with Gasteiger partial charge >= 0.3 is 5.97 Å². The number of hydrogen-bond acceptors (Lipinski definition) is 4. The summed E-state index contributed by atoms with van der Waals surface area (Å²) >= 11 is 0. The lowest BCUT2D eigenvalue weighted by Gasteiger charge is -2.31. The van der Waals surface area contributed by atoms with Gasteiger partial charge in [0.1, 0.15) is 6.04 Å². The molecule has 3 heterocycles. The summed E-state index contributed by atoms with van der Waals surface area (Å²) in [5, 5.41) is 14.1. The summed E-state index contributed by atoms with van der Waals surface area (Å²) in [4.78, 5) is 11.8. The summed E-state index contributed by atoms with van der Waals surface area (Å²) in [6, 6.07) is 13.1. The first-order chi connectivity index (χ1) is 12.6. The zero-order valence-corrected chi connectivity index (χ0v) is 14.2. The first-order valence-corrected chi connectivity index (χ1v) is 8.58. The maximum atomic E-state index is 11.8.